The fraction of sp³-hybridized carbons (Fsp3) is 0.300. The molecule has 2 aromatic carbocycles. The first-order valence-electron chi connectivity index (χ1n) is 8.94. The van der Waals surface area contributed by atoms with Gasteiger partial charge in [-0.1, -0.05) is 41.9 Å². The summed E-state index contributed by atoms with van der Waals surface area (Å²) in [6.07, 6.45) is 0. The van der Waals surface area contributed by atoms with Crippen LogP contribution in [0.4, 0.5) is 11.4 Å². The summed E-state index contributed by atoms with van der Waals surface area (Å²) in [7, 11) is 0. The van der Waals surface area contributed by atoms with E-state index in [4.69, 9.17) is 11.6 Å². The van der Waals surface area contributed by atoms with Gasteiger partial charge >= 0.3 is 0 Å². The molecule has 0 spiro atoms. The van der Waals surface area contributed by atoms with E-state index in [0.717, 1.165) is 31.9 Å². The quantitative estimate of drug-likeness (QED) is 0.800. The van der Waals surface area contributed by atoms with E-state index in [-0.39, 0.29) is 11.8 Å². The van der Waals surface area contributed by atoms with Crippen LogP contribution in [0.15, 0.2) is 54.6 Å². The van der Waals surface area contributed by atoms with Crippen molar-refractivity contribution in [1.29, 1.82) is 0 Å². The molecule has 2 N–H and O–H groups in total. The zero-order valence-corrected chi connectivity index (χ0v) is 15.8. The number of anilines is 2. The van der Waals surface area contributed by atoms with Crippen molar-refractivity contribution in [2.24, 2.45) is 0 Å². The minimum atomic E-state index is -0.0848. The third kappa shape index (κ3) is 6.06. The molecule has 3 rings (SSSR count). The van der Waals surface area contributed by atoms with Crippen LogP contribution in [0, 0.1) is 0 Å². The number of rotatable bonds is 6. The SMILES string of the molecule is O=C(CN1CCN(CC(=O)Nc2ccccc2Cl)CC1)Nc1ccccc1. The predicted molar refractivity (Wildman–Crippen MR) is 108 cm³/mol. The Labute approximate surface area is 164 Å². The molecule has 0 unspecified atom stereocenters. The molecule has 1 saturated heterocycles. The summed E-state index contributed by atoms with van der Waals surface area (Å²) in [5.41, 5.74) is 1.43. The normalized spacial score (nSPS) is 15.3. The van der Waals surface area contributed by atoms with Crippen LogP contribution < -0.4 is 10.6 Å². The number of para-hydroxylation sites is 2. The Kier molecular flexibility index (Phi) is 6.81. The number of hydrogen-bond donors (Lipinski definition) is 2. The van der Waals surface area contributed by atoms with E-state index in [1.165, 1.54) is 0 Å². The van der Waals surface area contributed by atoms with Gasteiger partial charge in [0.2, 0.25) is 11.8 Å². The highest BCUT2D eigenvalue weighted by atomic mass is 35.5. The summed E-state index contributed by atoms with van der Waals surface area (Å²) >= 11 is 6.06. The fourth-order valence-electron chi connectivity index (χ4n) is 2.99. The number of nitrogens with zero attached hydrogens (tertiary/aromatic N) is 2. The molecule has 1 fully saturated rings. The molecule has 2 aromatic rings. The van der Waals surface area contributed by atoms with Gasteiger partial charge in [0.25, 0.3) is 0 Å². The van der Waals surface area contributed by atoms with Gasteiger partial charge in [-0.05, 0) is 24.3 Å². The number of carbonyl (C=O) groups excluding carboxylic acids is 2. The molecular weight excluding hydrogens is 364 g/mol. The maximum atomic E-state index is 12.2. The first-order valence-corrected chi connectivity index (χ1v) is 9.32. The van der Waals surface area contributed by atoms with Crippen molar-refractivity contribution in [3.8, 4) is 0 Å². The highest BCUT2D eigenvalue weighted by molar-refractivity contribution is 6.33. The second-order valence-corrected chi connectivity index (χ2v) is 6.90. The summed E-state index contributed by atoms with van der Waals surface area (Å²) in [4.78, 5) is 28.5. The molecule has 1 aliphatic heterocycles. The van der Waals surface area contributed by atoms with Crippen LogP contribution in [-0.4, -0.2) is 60.9 Å². The highest BCUT2D eigenvalue weighted by Crippen LogP contribution is 2.20. The Morgan fingerprint density at radius 1 is 0.778 bits per heavy atom. The largest absolute Gasteiger partial charge is 0.325 e. The fourth-order valence-corrected chi connectivity index (χ4v) is 3.17. The number of piperazine rings is 1. The average Bonchev–Trinajstić information content (AvgIpc) is 2.66. The highest BCUT2D eigenvalue weighted by Gasteiger charge is 2.20. The van der Waals surface area contributed by atoms with Gasteiger partial charge < -0.3 is 10.6 Å². The molecular formula is C20H23ClN4O2. The molecule has 0 atom stereocenters. The van der Waals surface area contributed by atoms with Crippen LogP contribution >= 0.6 is 11.6 Å². The van der Waals surface area contributed by atoms with E-state index in [0.29, 0.717) is 23.8 Å². The molecule has 2 amide bonds. The topological polar surface area (TPSA) is 64.7 Å². The summed E-state index contributed by atoms with van der Waals surface area (Å²) < 4.78 is 0. The third-order valence-electron chi connectivity index (χ3n) is 4.40. The molecule has 0 bridgehead atoms. The summed E-state index contributed by atoms with van der Waals surface area (Å²) in [5, 5.41) is 6.26. The van der Waals surface area contributed by atoms with Gasteiger partial charge in [0.1, 0.15) is 0 Å². The molecule has 0 aliphatic carbocycles. The van der Waals surface area contributed by atoms with E-state index in [9.17, 15) is 9.59 Å². The van der Waals surface area contributed by atoms with Crippen LogP contribution in [0.2, 0.25) is 5.02 Å². The van der Waals surface area contributed by atoms with E-state index in [1.807, 2.05) is 42.5 Å². The monoisotopic (exact) mass is 386 g/mol. The van der Waals surface area contributed by atoms with Crippen molar-refractivity contribution in [3.05, 3.63) is 59.6 Å². The first-order chi connectivity index (χ1) is 13.1. The van der Waals surface area contributed by atoms with E-state index in [2.05, 4.69) is 20.4 Å². The van der Waals surface area contributed by atoms with Crippen LogP contribution in [0.5, 0.6) is 0 Å². The van der Waals surface area contributed by atoms with E-state index in [1.54, 1.807) is 12.1 Å². The maximum Gasteiger partial charge on any atom is 0.238 e. The molecule has 1 aliphatic rings. The van der Waals surface area contributed by atoms with E-state index >= 15 is 0 Å². The predicted octanol–water partition coefficient (Wildman–Crippen LogP) is 2.53. The molecule has 27 heavy (non-hydrogen) atoms. The van der Waals surface area contributed by atoms with Gasteiger partial charge in [-0.15, -0.1) is 0 Å². The van der Waals surface area contributed by atoms with Gasteiger partial charge in [-0.2, -0.15) is 0 Å². The van der Waals surface area contributed by atoms with Crippen LogP contribution in [0.3, 0.4) is 0 Å². The zero-order valence-electron chi connectivity index (χ0n) is 15.0. The van der Waals surface area contributed by atoms with E-state index < -0.39 is 0 Å². The molecule has 0 saturated carbocycles. The van der Waals surface area contributed by atoms with Gasteiger partial charge in [0.05, 0.1) is 23.8 Å². The van der Waals surface area contributed by atoms with Crippen molar-refractivity contribution >= 4 is 34.8 Å². The maximum absolute atomic E-state index is 12.2. The third-order valence-corrected chi connectivity index (χ3v) is 4.73. The summed E-state index contributed by atoms with van der Waals surface area (Å²) in [6, 6.07) is 16.6. The number of nitrogens with one attached hydrogen (secondary N) is 2. The number of amides is 2. The van der Waals surface area contributed by atoms with Crippen molar-refractivity contribution in [3.63, 3.8) is 0 Å². The van der Waals surface area contributed by atoms with Gasteiger partial charge in [-0.3, -0.25) is 19.4 Å². The minimum absolute atomic E-state index is 0.0221. The van der Waals surface area contributed by atoms with Crippen LogP contribution in [-0.2, 0) is 9.59 Å². The molecule has 6 nitrogen and oxygen atoms in total. The molecule has 1 heterocycles. The van der Waals surface area contributed by atoms with Gasteiger partial charge in [0.15, 0.2) is 0 Å². The Bertz CT molecular complexity index is 777. The lowest BCUT2D eigenvalue weighted by atomic mass is 10.3. The number of halogens is 1. The lowest BCUT2D eigenvalue weighted by molar-refractivity contribution is -0.120. The Hall–Kier alpha value is -2.41. The van der Waals surface area contributed by atoms with Gasteiger partial charge in [-0.25, -0.2) is 0 Å². The Balaban J connectivity index is 1.39. The van der Waals surface area contributed by atoms with Crippen molar-refractivity contribution in [2.45, 2.75) is 0 Å². The lowest BCUT2D eigenvalue weighted by Crippen LogP contribution is -2.50. The number of hydrogen-bond acceptors (Lipinski definition) is 4. The summed E-state index contributed by atoms with van der Waals surface area (Å²) in [5.74, 6) is -0.107. The second kappa shape index (κ2) is 9.50. The lowest BCUT2D eigenvalue weighted by Gasteiger charge is -2.33. The van der Waals surface area contributed by atoms with Crippen molar-refractivity contribution in [1.82, 2.24) is 9.80 Å². The molecule has 7 heteroatoms. The average molecular weight is 387 g/mol. The standard InChI is InChI=1S/C20H23ClN4O2/c21-17-8-4-5-9-18(17)23-20(27)15-25-12-10-24(11-13-25)14-19(26)22-16-6-2-1-3-7-16/h1-9H,10-15H2,(H,22,26)(H,23,27). The molecule has 0 aromatic heterocycles. The van der Waals surface area contributed by atoms with Gasteiger partial charge in [0, 0.05) is 31.9 Å². The Morgan fingerprint density at radius 2 is 1.30 bits per heavy atom. The van der Waals surface area contributed by atoms with Crippen LogP contribution in [0.1, 0.15) is 0 Å². The van der Waals surface area contributed by atoms with Crippen molar-refractivity contribution < 1.29 is 9.59 Å². The zero-order chi connectivity index (χ0) is 19.1. The second-order valence-electron chi connectivity index (χ2n) is 6.49. The Morgan fingerprint density at radius 3 is 1.89 bits per heavy atom. The summed E-state index contributed by atoms with van der Waals surface area (Å²) in [6.45, 7) is 3.66. The number of benzene rings is 2. The number of carbonyl (C=O) groups is 2. The van der Waals surface area contributed by atoms with Crippen LogP contribution in [0.25, 0.3) is 0 Å². The van der Waals surface area contributed by atoms with Crippen molar-refractivity contribution in [2.75, 3.05) is 49.9 Å². The minimum Gasteiger partial charge on any atom is -0.325 e. The molecule has 142 valence electrons. The first kappa shape index (κ1) is 19.4. The smallest absolute Gasteiger partial charge is 0.238 e. The molecule has 0 radical (unpaired) electrons.